The number of carbonyl (C=O) groups excluding carboxylic acids is 2. The summed E-state index contributed by atoms with van der Waals surface area (Å²) in [7, 11) is -0.807. The molecule has 1 aromatic rings. The van der Waals surface area contributed by atoms with Crippen LogP contribution in [0.1, 0.15) is 10.4 Å². The standard InChI is InChI=1S/C11H15N3O4S/c1-14(2)19(17,18)9-5-3-4-8(6-9)11(16)13-7-10(12)15/h3-6H,7H2,1-2H3,(H2,12,15)(H,13,16). The molecule has 2 amide bonds. The Bertz CT molecular complexity index is 596. The fourth-order valence-corrected chi connectivity index (χ4v) is 2.23. The highest BCUT2D eigenvalue weighted by molar-refractivity contribution is 7.89. The lowest BCUT2D eigenvalue weighted by Gasteiger charge is -2.12. The van der Waals surface area contributed by atoms with E-state index in [1.807, 2.05) is 0 Å². The number of nitrogens with two attached hydrogens (primary N) is 1. The Hall–Kier alpha value is -1.93. The highest BCUT2D eigenvalue weighted by Crippen LogP contribution is 2.14. The van der Waals surface area contributed by atoms with Crippen molar-refractivity contribution < 1.29 is 18.0 Å². The van der Waals surface area contributed by atoms with Gasteiger partial charge in [0, 0.05) is 19.7 Å². The molecule has 104 valence electrons. The molecule has 19 heavy (non-hydrogen) atoms. The average molecular weight is 285 g/mol. The third kappa shape index (κ3) is 3.76. The highest BCUT2D eigenvalue weighted by atomic mass is 32.2. The Labute approximate surface area is 111 Å². The predicted octanol–water partition coefficient (Wildman–Crippen LogP) is -0.848. The second-order valence-corrected chi connectivity index (χ2v) is 6.12. The van der Waals surface area contributed by atoms with Crippen LogP contribution in [0.4, 0.5) is 0 Å². The van der Waals surface area contributed by atoms with Crippen LogP contribution in [0.15, 0.2) is 29.2 Å². The average Bonchev–Trinajstić information content (AvgIpc) is 2.35. The number of hydrogen-bond donors (Lipinski definition) is 2. The van der Waals surface area contributed by atoms with E-state index >= 15 is 0 Å². The van der Waals surface area contributed by atoms with E-state index in [1.54, 1.807) is 0 Å². The first kappa shape index (κ1) is 15.1. The van der Waals surface area contributed by atoms with Gasteiger partial charge in [-0.3, -0.25) is 9.59 Å². The summed E-state index contributed by atoms with van der Waals surface area (Å²) in [5, 5.41) is 2.28. The van der Waals surface area contributed by atoms with E-state index in [2.05, 4.69) is 5.32 Å². The van der Waals surface area contributed by atoms with Gasteiger partial charge in [0.25, 0.3) is 5.91 Å². The van der Waals surface area contributed by atoms with Crippen molar-refractivity contribution >= 4 is 21.8 Å². The maximum atomic E-state index is 11.9. The van der Waals surface area contributed by atoms with Crippen molar-refractivity contribution in [2.24, 2.45) is 5.73 Å². The van der Waals surface area contributed by atoms with Crippen LogP contribution in [-0.2, 0) is 14.8 Å². The van der Waals surface area contributed by atoms with Gasteiger partial charge in [-0.15, -0.1) is 0 Å². The summed E-state index contributed by atoms with van der Waals surface area (Å²) in [6.07, 6.45) is 0. The van der Waals surface area contributed by atoms with Crippen molar-refractivity contribution in [3.8, 4) is 0 Å². The van der Waals surface area contributed by atoms with Gasteiger partial charge >= 0.3 is 0 Å². The summed E-state index contributed by atoms with van der Waals surface area (Å²) < 4.78 is 24.8. The lowest BCUT2D eigenvalue weighted by molar-refractivity contribution is -0.117. The lowest BCUT2D eigenvalue weighted by atomic mass is 10.2. The van der Waals surface area contributed by atoms with Crippen molar-refractivity contribution in [2.75, 3.05) is 20.6 Å². The molecule has 0 bridgehead atoms. The fraction of sp³-hybridized carbons (Fsp3) is 0.273. The van der Waals surface area contributed by atoms with E-state index in [1.165, 1.54) is 38.4 Å². The molecule has 0 heterocycles. The van der Waals surface area contributed by atoms with Gasteiger partial charge in [0.1, 0.15) is 0 Å². The second kappa shape index (κ2) is 5.81. The van der Waals surface area contributed by atoms with Crippen LogP contribution in [0.25, 0.3) is 0 Å². The maximum absolute atomic E-state index is 11.9. The first-order valence-corrected chi connectivity index (χ1v) is 6.78. The van der Waals surface area contributed by atoms with E-state index in [0.717, 1.165) is 4.31 Å². The summed E-state index contributed by atoms with van der Waals surface area (Å²) in [4.78, 5) is 22.2. The minimum absolute atomic E-state index is 0.00391. The maximum Gasteiger partial charge on any atom is 0.251 e. The number of rotatable bonds is 5. The van der Waals surface area contributed by atoms with E-state index in [9.17, 15) is 18.0 Å². The molecule has 0 atom stereocenters. The zero-order chi connectivity index (χ0) is 14.6. The number of nitrogens with zero attached hydrogens (tertiary/aromatic N) is 1. The van der Waals surface area contributed by atoms with E-state index < -0.39 is 21.8 Å². The fourth-order valence-electron chi connectivity index (χ4n) is 1.28. The zero-order valence-electron chi connectivity index (χ0n) is 10.6. The SMILES string of the molecule is CN(C)S(=O)(=O)c1cccc(C(=O)NCC(N)=O)c1. The first-order valence-electron chi connectivity index (χ1n) is 5.34. The second-order valence-electron chi connectivity index (χ2n) is 3.96. The van der Waals surface area contributed by atoms with Crippen molar-refractivity contribution in [3.05, 3.63) is 29.8 Å². The normalized spacial score (nSPS) is 11.3. The Kier molecular flexibility index (Phi) is 4.62. The largest absolute Gasteiger partial charge is 0.368 e. The molecule has 0 saturated heterocycles. The predicted molar refractivity (Wildman–Crippen MR) is 68.8 cm³/mol. The summed E-state index contributed by atoms with van der Waals surface area (Å²) in [6, 6.07) is 5.53. The Balaban J connectivity index is 3.01. The minimum atomic E-state index is -3.60. The summed E-state index contributed by atoms with van der Waals surface area (Å²) in [5.41, 5.74) is 5.04. The van der Waals surface area contributed by atoms with Gasteiger partial charge in [0.2, 0.25) is 15.9 Å². The Morgan fingerprint density at radius 3 is 2.47 bits per heavy atom. The number of amides is 2. The van der Waals surface area contributed by atoms with Gasteiger partial charge in [0.15, 0.2) is 0 Å². The molecule has 7 nitrogen and oxygen atoms in total. The van der Waals surface area contributed by atoms with Gasteiger partial charge in [-0.2, -0.15) is 0 Å². The molecule has 0 aromatic heterocycles. The smallest absolute Gasteiger partial charge is 0.251 e. The minimum Gasteiger partial charge on any atom is -0.368 e. The molecular formula is C11H15N3O4S. The van der Waals surface area contributed by atoms with Gasteiger partial charge in [-0.25, -0.2) is 12.7 Å². The Morgan fingerprint density at radius 1 is 1.32 bits per heavy atom. The van der Waals surface area contributed by atoms with Crippen molar-refractivity contribution in [1.29, 1.82) is 0 Å². The Morgan fingerprint density at radius 2 is 1.95 bits per heavy atom. The van der Waals surface area contributed by atoms with Crippen molar-refractivity contribution in [3.63, 3.8) is 0 Å². The number of nitrogens with one attached hydrogen (secondary N) is 1. The molecule has 0 aliphatic rings. The van der Waals surface area contributed by atoms with Gasteiger partial charge in [-0.05, 0) is 18.2 Å². The van der Waals surface area contributed by atoms with Crippen molar-refractivity contribution in [2.45, 2.75) is 4.90 Å². The molecule has 8 heteroatoms. The molecule has 1 aromatic carbocycles. The number of carbonyl (C=O) groups is 2. The molecule has 0 aliphatic carbocycles. The van der Waals surface area contributed by atoms with Crippen LogP contribution in [0.2, 0.25) is 0 Å². The first-order chi connectivity index (χ1) is 8.75. The topological polar surface area (TPSA) is 110 Å². The molecule has 1 rings (SSSR count). The molecule has 0 fully saturated rings. The van der Waals surface area contributed by atoms with Crippen LogP contribution < -0.4 is 11.1 Å². The van der Waals surface area contributed by atoms with Gasteiger partial charge in [-0.1, -0.05) is 6.07 Å². The molecule has 0 unspecified atom stereocenters. The van der Waals surface area contributed by atoms with E-state index in [4.69, 9.17) is 5.73 Å². The van der Waals surface area contributed by atoms with Crippen molar-refractivity contribution in [1.82, 2.24) is 9.62 Å². The number of sulfonamides is 1. The van der Waals surface area contributed by atoms with E-state index in [0.29, 0.717) is 0 Å². The monoisotopic (exact) mass is 285 g/mol. The van der Waals surface area contributed by atoms with Crippen LogP contribution in [0, 0.1) is 0 Å². The summed E-state index contributed by atoms with van der Waals surface area (Å²) >= 11 is 0. The summed E-state index contributed by atoms with van der Waals surface area (Å²) in [5.74, 6) is -1.24. The molecule has 0 saturated carbocycles. The van der Waals surface area contributed by atoms with E-state index in [-0.39, 0.29) is 17.0 Å². The third-order valence-corrected chi connectivity index (χ3v) is 4.11. The van der Waals surface area contributed by atoms with Crippen LogP contribution >= 0.6 is 0 Å². The molecule has 3 N–H and O–H groups in total. The van der Waals surface area contributed by atoms with Gasteiger partial charge in [0.05, 0.1) is 11.4 Å². The number of benzene rings is 1. The highest BCUT2D eigenvalue weighted by Gasteiger charge is 2.18. The van der Waals surface area contributed by atoms with Crippen LogP contribution in [0.5, 0.6) is 0 Å². The number of hydrogen-bond acceptors (Lipinski definition) is 4. The quantitative estimate of drug-likeness (QED) is 0.734. The molecule has 0 aliphatic heterocycles. The van der Waals surface area contributed by atoms with Gasteiger partial charge < -0.3 is 11.1 Å². The molecule has 0 spiro atoms. The van der Waals surface area contributed by atoms with Crippen LogP contribution in [-0.4, -0.2) is 45.2 Å². The lowest BCUT2D eigenvalue weighted by Crippen LogP contribution is -2.33. The van der Waals surface area contributed by atoms with Crippen LogP contribution in [0.3, 0.4) is 0 Å². The third-order valence-electron chi connectivity index (χ3n) is 2.30. The molecular weight excluding hydrogens is 270 g/mol. The molecule has 0 radical (unpaired) electrons. The summed E-state index contributed by atoms with van der Waals surface area (Å²) in [6.45, 7) is -0.302. The zero-order valence-corrected chi connectivity index (χ0v) is 11.4. The number of primary amides is 1.